The highest BCUT2D eigenvalue weighted by Crippen LogP contribution is 2.29. The molecule has 0 aliphatic heterocycles. The number of benzene rings is 1. The lowest BCUT2D eigenvalue weighted by Crippen LogP contribution is -2.24. The zero-order valence-electron chi connectivity index (χ0n) is 15.9. The number of rotatable bonds is 9. The largest absolute Gasteiger partial charge is 0.522 e. The van der Waals surface area contributed by atoms with E-state index in [0.717, 1.165) is 37.2 Å². The summed E-state index contributed by atoms with van der Waals surface area (Å²) >= 11 is 0. The molecular weight excluding hydrogens is 357 g/mol. The van der Waals surface area contributed by atoms with Gasteiger partial charge >= 0.3 is 12.3 Å². The van der Waals surface area contributed by atoms with E-state index in [-0.39, 0.29) is 18.7 Å². The van der Waals surface area contributed by atoms with Gasteiger partial charge in [-0.1, -0.05) is 31.9 Å². The van der Waals surface area contributed by atoms with Gasteiger partial charge in [0.25, 0.3) is 0 Å². The monoisotopic (exact) mass is 386 g/mol. The third kappa shape index (κ3) is 8.33. The SMILES string of the molecule is CCCC1CCC(OC(=O)c2ccc(CCCCOC(F)(F)F)cc2)CC1. The molecular formula is C21H29F3O3. The summed E-state index contributed by atoms with van der Waals surface area (Å²) in [5.41, 5.74) is 1.51. The smallest absolute Gasteiger partial charge is 0.459 e. The maximum Gasteiger partial charge on any atom is 0.522 e. The summed E-state index contributed by atoms with van der Waals surface area (Å²) in [7, 11) is 0. The standard InChI is InChI=1S/C21H29F3O3/c1-2-5-16-9-13-19(14-10-16)27-20(25)18-11-7-17(8-12-18)6-3-4-15-26-21(22,23)24/h7-8,11-12,16,19H,2-6,9-10,13-15H2,1H3. The van der Waals surface area contributed by atoms with Crippen LogP contribution in [0.25, 0.3) is 0 Å². The quantitative estimate of drug-likeness (QED) is 0.382. The fourth-order valence-electron chi connectivity index (χ4n) is 3.59. The molecule has 0 aromatic heterocycles. The van der Waals surface area contributed by atoms with Crippen LogP contribution >= 0.6 is 0 Å². The Morgan fingerprint density at radius 1 is 1.07 bits per heavy atom. The number of hydrogen-bond acceptors (Lipinski definition) is 3. The highest BCUT2D eigenvalue weighted by molar-refractivity contribution is 5.89. The minimum atomic E-state index is -4.56. The van der Waals surface area contributed by atoms with Crippen LogP contribution in [0.5, 0.6) is 0 Å². The first-order chi connectivity index (χ1) is 12.9. The van der Waals surface area contributed by atoms with Gasteiger partial charge in [-0.15, -0.1) is 13.2 Å². The van der Waals surface area contributed by atoms with Crippen LogP contribution in [0.4, 0.5) is 13.2 Å². The van der Waals surface area contributed by atoms with E-state index < -0.39 is 6.36 Å². The van der Waals surface area contributed by atoms with E-state index in [0.29, 0.717) is 24.8 Å². The van der Waals surface area contributed by atoms with Crippen molar-refractivity contribution < 1.29 is 27.4 Å². The number of carbonyl (C=O) groups excluding carboxylic acids is 1. The number of hydrogen-bond donors (Lipinski definition) is 0. The van der Waals surface area contributed by atoms with E-state index >= 15 is 0 Å². The number of esters is 1. The Morgan fingerprint density at radius 3 is 2.33 bits per heavy atom. The first-order valence-electron chi connectivity index (χ1n) is 9.88. The number of halogens is 3. The molecule has 27 heavy (non-hydrogen) atoms. The van der Waals surface area contributed by atoms with E-state index in [4.69, 9.17) is 4.74 Å². The molecule has 0 saturated heterocycles. The minimum absolute atomic E-state index is 0.0129. The van der Waals surface area contributed by atoms with Crippen LogP contribution in [-0.2, 0) is 15.9 Å². The molecule has 0 atom stereocenters. The Morgan fingerprint density at radius 2 is 1.74 bits per heavy atom. The zero-order valence-corrected chi connectivity index (χ0v) is 15.9. The summed E-state index contributed by atoms with van der Waals surface area (Å²) in [5, 5.41) is 0. The van der Waals surface area contributed by atoms with E-state index in [1.54, 1.807) is 12.1 Å². The van der Waals surface area contributed by atoms with Gasteiger partial charge in [0.05, 0.1) is 12.2 Å². The van der Waals surface area contributed by atoms with E-state index in [1.165, 1.54) is 12.8 Å². The van der Waals surface area contributed by atoms with Gasteiger partial charge in [0, 0.05) is 0 Å². The fraction of sp³-hybridized carbons (Fsp3) is 0.667. The van der Waals surface area contributed by atoms with Crippen LogP contribution in [0.15, 0.2) is 24.3 Å². The number of alkyl halides is 3. The van der Waals surface area contributed by atoms with Crippen LogP contribution < -0.4 is 0 Å². The molecule has 1 aliphatic carbocycles. The molecule has 3 nitrogen and oxygen atoms in total. The van der Waals surface area contributed by atoms with E-state index in [9.17, 15) is 18.0 Å². The Bertz CT molecular complexity index is 561. The molecule has 1 aliphatic rings. The van der Waals surface area contributed by atoms with Gasteiger partial charge in [-0.3, -0.25) is 4.74 Å². The maximum absolute atomic E-state index is 12.3. The second-order valence-electron chi connectivity index (χ2n) is 7.28. The predicted molar refractivity (Wildman–Crippen MR) is 97.5 cm³/mol. The van der Waals surface area contributed by atoms with Crippen molar-refractivity contribution >= 4 is 5.97 Å². The van der Waals surface area contributed by atoms with Crippen LogP contribution in [0.2, 0.25) is 0 Å². The van der Waals surface area contributed by atoms with Crippen LogP contribution in [0.3, 0.4) is 0 Å². The van der Waals surface area contributed by atoms with Crippen molar-refractivity contribution in [3.63, 3.8) is 0 Å². The number of carbonyl (C=O) groups is 1. The lowest BCUT2D eigenvalue weighted by Gasteiger charge is -2.28. The lowest BCUT2D eigenvalue weighted by molar-refractivity contribution is -0.324. The Hall–Kier alpha value is -1.56. The third-order valence-electron chi connectivity index (χ3n) is 5.08. The van der Waals surface area contributed by atoms with Crippen molar-refractivity contribution in [2.45, 2.75) is 77.2 Å². The van der Waals surface area contributed by atoms with Crippen LogP contribution in [0, 0.1) is 5.92 Å². The summed E-state index contributed by atoms with van der Waals surface area (Å²) in [4.78, 5) is 12.3. The molecule has 0 radical (unpaired) electrons. The normalized spacial score (nSPS) is 20.4. The van der Waals surface area contributed by atoms with Gasteiger partial charge in [0.1, 0.15) is 6.10 Å². The Labute approximate surface area is 159 Å². The molecule has 1 fully saturated rings. The van der Waals surface area contributed by atoms with Crippen LogP contribution in [0.1, 0.15) is 74.2 Å². The first kappa shape index (κ1) is 21.7. The van der Waals surface area contributed by atoms with Gasteiger partial charge in [-0.25, -0.2) is 4.79 Å². The fourth-order valence-corrected chi connectivity index (χ4v) is 3.59. The number of unbranched alkanes of at least 4 members (excludes halogenated alkanes) is 1. The first-order valence-corrected chi connectivity index (χ1v) is 9.88. The average molecular weight is 386 g/mol. The average Bonchev–Trinajstić information content (AvgIpc) is 2.63. The molecule has 0 amide bonds. The van der Waals surface area contributed by atoms with Gasteiger partial charge in [-0.05, 0) is 68.6 Å². The predicted octanol–water partition coefficient (Wildman–Crippen LogP) is 6.06. The number of aryl methyl sites for hydroxylation is 1. The zero-order chi connectivity index (χ0) is 19.7. The van der Waals surface area contributed by atoms with E-state index in [1.807, 2.05) is 12.1 Å². The van der Waals surface area contributed by atoms with Crippen molar-refractivity contribution in [2.75, 3.05) is 6.61 Å². The van der Waals surface area contributed by atoms with Crippen molar-refractivity contribution in [3.8, 4) is 0 Å². The van der Waals surface area contributed by atoms with Crippen molar-refractivity contribution in [2.24, 2.45) is 5.92 Å². The molecule has 1 aromatic rings. The molecule has 1 aromatic carbocycles. The molecule has 0 N–H and O–H groups in total. The summed E-state index contributed by atoms with van der Waals surface area (Å²) < 4.78 is 45.0. The Kier molecular flexibility index (Phi) is 8.61. The minimum Gasteiger partial charge on any atom is -0.459 e. The molecule has 0 spiro atoms. The van der Waals surface area contributed by atoms with Gasteiger partial charge < -0.3 is 4.74 Å². The summed E-state index contributed by atoms with van der Waals surface area (Å²) in [6, 6.07) is 7.12. The third-order valence-corrected chi connectivity index (χ3v) is 5.08. The molecule has 0 heterocycles. The van der Waals surface area contributed by atoms with E-state index in [2.05, 4.69) is 11.7 Å². The van der Waals surface area contributed by atoms with Gasteiger partial charge in [-0.2, -0.15) is 0 Å². The molecule has 2 rings (SSSR count). The van der Waals surface area contributed by atoms with Gasteiger partial charge in [0.15, 0.2) is 0 Å². The van der Waals surface area contributed by atoms with Crippen LogP contribution in [-0.4, -0.2) is 25.0 Å². The van der Waals surface area contributed by atoms with Crippen molar-refractivity contribution in [3.05, 3.63) is 35.4 Å². The summed E-state index contributed by atoms with van der Waals surface area (Å²) in [6.07, 6.45) is 3.63. The van der Waals surface area contributed by atoms with Crippen molar-refractivity contribution in [1.82, 2.24) is 0 Å². The second kappa shape index (κ2) is 10.7. The summed E-state index contributed by atoms with van der Waals surface area (Å²) in [6.45, 7) is 1.88. The maximum atomic E-state index is 12.3. The Balaban J connectivity index is 1.69. The highest BCUT2D eigenvalue weighted by Gasteiger charge is 2.28. The molecule has 0 bridgehead atoms. The molecule has 152 valence electrons. The summed E-state index contributed by atoms with van der Waals surface area (Å²) in [5.74, 6) is 0.477. The van der Waals surface area contributed by atoms with Crippen molar-refractivity contribution in [1.29, 1.82) is 0 Å². The molecule has 1 saturated carbocycles. The highest BCUT2D eigenvalue weighted by atomic mass is 19.4. The second-order valence-corrected chi connectivity index (χ2v) is 7.28. The van der Waals surface area contributed by atoms with Gasteiger partial charge in [0.2, 0.25) is 0 Å². The molecule has 6 heteroatoms. The topological polar surface area (TPSA) is 35.5 Å². The molecule has 0 unspecified atom stereocenters. The lowest BCUT2D eigenvalue weighted by atomic mass is 9.85. The number of ether oxygens (including phenoxy) is 2.